The summed E-state index contributed by atoms with van der Waals surface area (Å²) in [5.41, 5.74) is 5.73. The normalized spacial score (nSPS) is 25.8. The molecular formula is C9H17N3S. The Morgan fingerprint density at radius 2 is 2.31 bits per heavy atom. The number of nitrogens with zero attached hydrogens (tertiary/aromatic N) is 1. The van der Waals surface area contributed by atoms with Gasteiger partial charge >= 0.3 is 0 Å². The van der Waals surface area contributed by atoms with Crippen LogP contribution in [0.3, 0.4) is 0 Å². The van der Waals surface area contributed by atoms with Crippen LogP contribution in [0, 0.1) is 0 Å². The molecule has 2 saturated carbocycles. The predicted molar refractivity (Wildman–Crippen MR) is 58.1 cm³/mol. The molecule has 0 bridgehead atoms. The first-order chi connectivity index (χ1) is 6.24. The molecule has 2 fully saturated rings. The van der Waals surface area contributed by atoms with Gasteiger partial charge in [0.25, 0.3) is 0 Å². The molecule has 4 heteroatoms. The Balaban J connectivity index is 1.74. The van der Waals surface area contributed by atoms with E-state index < -0.39 is 0 Å². The van der Waals surface area contributed by atoms with Crippen molar-refractivity contribution < 1.29 is 0 Å². The van der Waals surface area contributed by atoms with Gasteiger partial charge in [-0.1, -0.05) is 0 Å². The van der Waals surface area contributed by atoms with Crippen molar-refractivity contribution in [2.45, 2.75) is 36.5 Å². The molecule has 0 aromatic rings. The molecule has 0 saturated heterocycles. The highest BCUT2D eigenvalue weighted by Gasteiger charge is 2.41. The molecule has 0 aromatic carbocycles. The van der Waals surface area contributed by atoms with Crippen molar-refractivity contribution in [2.24, 2.45) is 10.7 Å². The summed E-state index contributed by atoms with van der Waals surface area (Å²) in [6.45, 7) is 0.889. The number of hydrogen-bond acceptors (Lipinski definition) is 2. The maximum Gasteiger partial charge on any atom is 0.188 e. The quantitative estimate of drug-likeness (QED) is 0.523. The van der Waals surface area contributed by atoms with Crippen molar-refractivity contribution in [1.29, 1.82) is 0 Å². The standard InChI is InChI=1S/C9H17N3S/c1-13-9(4-5-9)6-11-8(10)12-7-2-3-7/h7H,2-6H2,1H3,(H3,10,11,12). The van der Waals surface area contributed by atoms with Crippen LogP contribution in [0.15, 0.2) is 4.99 Å². The largest absolute Gasteiger partial charge is 0.370 e. The lowest BCUT2D eigenvalue weighted by atomic mass is 10.4. The van der Waals surface area contributed by atoms with E-state index in [1.54, 1.807) is 0 Å². The van der Waals surface area contributed by atoms with Gasteiger partial charge in [-0.2, -0.15) is 11.8 Å². The van der Waals surface area contributed by atoms with E-state index in [2.05, 4.69) is 16.6 Å². The fourth-order valence-electron chi connectivity index (χ4n) is 1.28. The minimum absolute atomic E-state index is 0.440. The van der Waals surface area contributed by atoms with Crippen LogP contribution in [0.25, 0.3) is 0 Å². The average Bonchev–Trinajstić information content (AvgIpc) is 2.98. The molecule has 3 N–H and O–H groups in total. The van der Waals surface area contributed by atoms with Crippen LogP contribution in [0.2, 0.25) is 0 Å². The summed E-state index contributed by atoms with van der Waals surface area (Å²) in [5.74, 6) is 0.642. The lowest BCUT2D eigenvalue weighted by Gasteiger charge is -2.09. The first-order valence-electron chi connectivity index (χ1n) is 4.86. The summed E-state index contributed by atoms with van der Waals surface area (Å²) in [5, 5.41) is 3.20. The smallest absolute Gasteiger partial charge is 0.188 e. The summed E-state index contributed by atoms with van der Waals surface area (Å²) in [6, 6.07) is 0.619. The van der Waals surface area contributed by atoms with E-state index in [-0.39, 0.29) is 0 Å². The number of rotatable bonds is 4. The zero-order chi connectivity index (χ0) is 9.31. The van der Waals surface area contributed by atoms with Gasteiger partial charge in [0.1, 0.15) is 0 Å². The predicted octanol–water partition coefficient (Wildman–Crippen LogP) is 0.949. The van der Waals surface area contributed by atoms with Gasteiger partial charge < -0.3 is 11.1 Å². The maximum atomic E-state index is 5.73. The summed E-state index contributed by atoms with van der Waals surface area (Å²) in [6.07, 6.45) is 7.27. The van der Waals surface area contributed by atoms with Gasteiger partial charge in [0.05, 0.1) is 6.54 Å². The van der Waals surface area contributed by atoms with Crippen LogP contribution in [-0.2, 0) is 0 Å². The molecule has 0 unspecified atom stereocenters. The summed E-state index contributed by atoms with van der Waals surface area (Å²) < 4.78 is 0.440. The highest BCUT2D eigenvalue weighted by atomic mass is 32.2. The van der Waals surface area contributed by atoms with Crippen LogP contribution in [0.4, 0.5) is 0 Å². The highest BCUT2D eigenvalue weighted by molar-refractivity contribution is 8.00. The minimum atomic E-state index is 0.440. The molecule has 0 aromatic heterocycles. The third kappa shape index (κ3) is 2.53. The van der Waals surface area contributed by atoms with Crippen LogP contribution >= 0.6 is 11.8 Å². The number of aliphatic imine (C=N–C) groups is 1. The molecule has 0 radical (unpaired) electrons. The SMILES string of the molecule is CSC1(CN=C(N)NC2CC2)CC1. The fraction of sp³-hybridized carbons (Fsp3) is 0.889. The first kappa shape index (κ1) is 9.19. The molecule has 0 heterocycles. The second-order valence-corrected chi connectivity index (χ2v) is 5.28. The van der Waals surface area contributed by atoms with E-state index in [0.29, 0.717) is 16.7 Å². The molecular weight excluding hydrogens is 182 g/mol. The Bertz CT molecular complexity index is 219. The van der Waals surface area contributed by atoms with Crippen LogP contribution in [-0.4, -0.2) is 29.5 Å². The summed E-state index contributed by atoms with van der Waals surface area (Å²) in [7, 11) is 0. The van der Waals surface area contributed by atoms with Gasteiger partial charge in [0.2, 0.25) is 0 Å². The van der Waals surface area contributed by atoms with Crippen LogP contribution < -0.4 is 11.1 Å². The van der Waals surface area contributed by atoms with Gasteiger partial charge in [-0.3, -0.25) is 4.99 Å². The molecule has 2 aliphatic rings. The molecule has 0 aliphatic heterocycles. The monoisotopic (exact) mass is 199 g/mol. The lowest BCUT2D eigenvalue weighted by molar-refractivity contribution is 0.850. The molecule has 13 heavy (non-hydrogen) atoms. The number of thioether (sulfide) groups is 1. The Kier molecular flexibility index (Phi) is 2.41. The van der Waals surface area contributed by atoms with Crippen molar-refractivity contribution in [1.82, 2.24) is 5.32 Å². The summed E-state index contributed by atoms with van der Waals surface area (Å²) >= 11 is 1.92. The second kappa shape index (κ2) is 3.40. The molecule has 2 rings (SSSR count). The highest BCUT2D eigenvalue weighted by Crippen LogP contribution is 2.47. The molecule has 0 amide bonds. The van der Waals surface area contributed by atoms with Crippen LogP contribution in [0.1, 0.15) is 25.7 Å². The zero-order valence-corrected chi connectivity index (χ0v) is 8.86. The van der Waals surface area contributed by atoms with E-state index in [1.165, 1.54) is 25.7 Å². The number of guanidine groups is 1. The fourth-order valence-corrected chi connectivity index (χ4v) is 1.98. The number of hydrogen-bond donors (Lipinski definition) is 2. The van der Waals surface area contributed by atoms with Gasteiger partial charge in [0, 0.05) is 10.8 Å². The Labute approximate surface area is 83.6 Å². The maximum absolute atomic E-state index is 5.73. The van der Waals surface area contributed by atoms with E-state index in [1.807, 2.05) is 11.8 Å². The third-order valence-corrected chi connectivity index (χ3v) is 4.11. The molecule has 74 valence electrons. The van der Waals surface area contributed by atoms with E-state index in [4.69, 9.17) is 5.73 Å². The van der Waals surface area contributed by atoms with E-state index in [9.17, 15) is 0 Å². The minimum Gasteiger partial charge on any atom is -0.370 e. The van der Waals surface area contributed by atoms with E-state index in [0.717, 1.165) is 6.54 Å². The third-order valence-electron chi connectivity index (χ3n) is 2.71. The Hall–Kier alpha value is -0.380. The van der Waals surface area contributed by atoms with Crippen molar-refractivity contribution in [3.63, 3.8) is 0 Å². The van der Waals surface area contributed by atoms with Gasteiger partial charge in [0.15, 0.2) is 5.96 Å². The van der Waals surface area contributed by atoms with Crippen molar-refractivity contribution >= 4 is 17.7 Å². The van der Waals surface area contributed by atoms with Gasteiger partial charge in [-0.25, -0.2) is 0 Å². The Morgan fingerprint density at radius 1 is 1.62 bits per heavy atom. The molecule has 3 nitrogen and oxygen atoms in total. The van der Waals surface area contributed by atoms with E-state index >= 15 is 0 Å². The number of nitrogens with one attached hydrogen (secondary N) is 1. The van der Waals surface area contributed by atoms with Crippen molar-refractivity contribution in [3.8, 4) is 0 Å². The van der Waals surface area contributed by atoms with Gasteiger partial charge in [-0.05, 0) is 31.9 Å². The lowest BCUT2D eigenvalue weighted by Crippen LogP contribution is -2.34. The number of nitrogens with two attached hydrogens (primary N) is 1. The summed E-state index contributed by atoms with van der Waals surface area (Å²) in [4.78, 5) is 4.37. The zero-order valence-electron chi connectivity index (χ0n) is 8.05. The average molecular weight is 199 g/mol. The van der Waals surface area contributed by atoms with Crippen molar-refractivity contribution in [2.75, 3.05) is 12.8 Å². The molecule has 0 atom stereocenters. The second-order valence-electron chi connectivity index (χ2n) is 4.01. The molecule has 0 spiro atoms. The first-order valence-corrected chi connectivity index (χ1v) is 6.08. The Morgan fingerprint density at radius 3 is 2.77 bits per heavy atom. The van der Waals surface area contributed by atoms with Gasteiger partial charge in [-0.15, -0.1) is 0 Å². The van der Waals surface area contributed by atoms with Crippen LogP contribution in [0.5, 0.6) is 0 Å². The topological polar surface area (TPSA) is 50.4 Å². The van der Waals surface area contributed by atoms with Crippen molar-refractivity contribution in [3.05, 3.63) is 0 Å². The molecule has 2 aliphatic carbocycles.